The maximum atomic E-state index is 12.2. The highest BCUT2D eigenvalue weighted by atomic mass is 32.2. The molecule has 0 bridgehead atoms. The third kappa shape index (κ3) is 3.09. The van der Waals surface area contributed by atoms with Gasteiger partial charge in [0, 0.05) is 16.3 Å². The van der Waals surface area contributed by atoms with Crippen LogP contribution in [0.3, 0.4) is 0 Å². The first-order chi connectivity index (χ1) is 10.6. The van der Waals surface area contributed by atoms with Crippen LogP contribution in [-0.4, -0.2) is 26.5 Å². The molecule has 0 fully saturated rings. The second kappa shape index (κ2) is 6.15. The van der Waals surface area contributed by atoms with Crippen LogP contribution in [-0.2, 0) is 4.79 Å². The molecule has 1 aromatic carbocycles. The van der Waals surface area contributed by atoms with E-state index in [2.05, 4.69) is 20.7 Å². The van der Waals surface area contributed by atoms with E-state index in [9.17, 15) is 4.79 Å². The molecular weight excluding hydrogens is 300 g/mol. The predicted octanol–water partition coefficient (Wildman–Crippen LogP) is 3.05. The van der Waals surface area contributed by atoms with E-state index < -0.39 is 0 Å². The molecule has 0 saturated heterocycles. The average molecular weight is 314 g/mol. The first-order valence-electron chi connectivity index (χ1n) is 6.75. The molecule has 1 amide bonds. The van der Waals surface area contributed by atoms with Crippen LogP contribution in [0.5, 0.6) is 0 Å². The van der Waals surface area contributed by atoms with E-state index in [4.69, 9.17) is 4.52 Å². The number of nitrogens with zero attached hydrogens (tertiary/aromatic N) is 3. The van der Waals surface area contributed by atoms with Gasteiger partial charge in [-0.1, -0.05) is 23.4 Å². The Kier molecular flexibility index (Phi) is 4.06. The van der Waals surface area contributed by atoms with Gasteiger partial charge in [0.25, 0.3) is 0 Å². The molecule has 0 aliphatic rings. The van der Waals surface area contributed by atoms with Gasteiger partial charge in [0.15, 0.2) is 5.82 Å². The molecule has 7 heteroatoms. The zero-order valence-corrected chi connectivity index (χ0v) is 12.9. The van der Waals surface area contributed by atoms with Crippen LogP contribution in [0.4, 0.5) is 5.82 Å². The van der Waals surface area contributed by atoms with Crippen LogP contribution in [0, 0.1) is 6.92 Å². The lowest BCUT2D eigenvalue weighted by molar-refractivity contribution is -0.115. The third-order valence-corrected chi connectivity index (χ3v) is 4.21. The number of fused-ring (bicyclic) bond motifs is 1. The van der Waals surface area contributed by atoms with Crippen molar-refractivity contribution in [2.75, 3.05) is 5.32 Å². The number of carbonyl (C=O) groups excluding carboxylic acids is 1. The van der Waals surface area contributed by atoms with Crippen molar-refractivity contribution in [3.63, 3.8) is 0 Å². The van der Waals surface area contributed by atoms with Gasteiger partial charge in [-0.3, -0.25) is 4.79 Å². The second-order valence-corrected chi connectivity index (χ2v) is 6.18. The number of aryl methyl sites for hydroxylation is 1. The van der Waals surface area contributed by atoms with Gasteiger partial charge in [-0.25, -0.2) is 0 Å². The summed E-state index contributed by atoms with van der Waals surface area (Å²) in [4.78, 5) is 13.1. The van der Waals surface area contributed by atoms with E-state index in [0.29, 0.717) is 11.6 Å². The lowest BCUT2D eigenvalue weighted by Gasteiger charge is -2.11. The first kappa shape index (κ1) is 14.5. The van der Waals surface area contributed by atoms with Crippen molar-refractivity contribution in [3.8, 4) is 0 Å². The third-order valence-electron chi connectivity index (χ3n) is 3.06. The molecule has 3 aromatic rings. The Balaban J connectivity index is 1.75. The monoisotopic (exact) mass is 314 g/mol. The van der Waals surface area contributed by atoms with E-state index in [1.165, 1.54) is 11.8 Å². The van der Waals surface area contributed by atoms with Crippen LogP contribution < -0.4 is 5.32 Å². The topological polar surface area (TPSA) is 80.9 Å². The Hall–Kier alpha value is -2.41. The largest absolute Gasteiger partial charge is 0.360 e. The fraction of sp³-hybridized carbons (Fsp3) is 0.200. The number of amides is 1. The molecule has 0 radical (unpaired) electrons. The molecule has 0 aliphatic carbocycles. The Morgan fingerprint density at radius 3 is 2.95 bits per heavy atom. The van der Waals surface area contributed by atoms with Crippen LogP contribution in [0.2, 0.25) is 0 Å². The van der Waals surface area contributed by atoms with Crippen molar-refractivity contribution < 1.29 is 9.32 Å². The summed E-state index contributed by atoms with van der Waals surface area (Å²) in [5.41, 5.74) is 0.812. The molecular formula is C15H14N4O2S. The highest BCUT2D eigenvalue weighted by Crippen LogP contribution is 2.29. The highest BCUT2D eigenvalue weighted by Gasteiger charge is 2.17. The molecule has 2 aromatic heterocycles. The smallest absolute Gasteiger partial charge is 0.238 e. The normalized spacial score (nSPS) is 12.3. The van der Waals surface area contributed by atoms with Gasteiger partial charge in [-0.05, 0) is 19.9 Å². The van der Waals surface area contributed by atoms with Gasteiger partial charge in [-0.15, -0.1) is 11.8 Å². The Labute approximate surface area is 131 Å². The fourth-order valence-corrected chi connectivity index (χ4v) is 2.93. The van der Waals surface area contributed by atoms with Crippen molar-refractivity contribution in [2.24, 2.45) is 0 Å². The number of hydrogen-bond donors (Lipinski definition) is 1. The van der Waals surface area contributed by atoms with Crippen molar-refractivity contribution in [1.82, 2.24) is 15.4 Å². The van der Waals surface area contributed by atoms with Crippen LogP contribution >= 0.6 is 11.8 Å². The van der Waals surface area contributed by atoms with E-state index in [1.807, 2.05) is 31.2 Å². The number of carbonyl (C=O) groups is 1. The summed E-state index contributed by atoms with van der Waals surface area (Å²) in [5.74, 6) is 0.937. The maximum absolute atomic E-state index is 12.2. The quantitative estimate of drug-likeness (QED) is 0.745. The number of nitrogens with one attached hydrogen (secondary N) is 1. The van der Waals surface area contributed by atoms with Gasteiger partial charge in [0.2, 0.25) is 5.91 Å². The number of anilines is 1. The van der Waals surface area contributed by atoms with Gasteiger partial charge in [0.1, 0.15) is 5.76 Å². The molecule has 22 heavy (non-hydrogen) atoms. The van der Waals surface area contributed by atoms with E-state index >= 15 is 0 Å². The zero-order valence-electron chi connectivity index (χ0n) is 12.1. The Bertz CT molecular complexity index is 813. The van der Waals surface area contributed by atoms with Crippen molar-refractivity contribution in [2.45, 2.75) is 24.0 Å². The molecule has 0 spiro atoms. The number of hydrogen-bond acceptors (Lipinski definition) is 6. The lowest BCUT2D eigenvalue weighted by atomic mass is 10.2. The molecule has 2 heterocycles. The van der Waals surface area contributed by atoms with E-state index in [-0.39, 0.29) is 11.2 Å². The van der Waals surface area contributed by atoms with E-state index in [0.717, 1.165) is 15.8 Å². The minimum Gasteiger partial charge on any atom is -0.360 e. The average Bonchev–Trinajstić information content (AvgIpc) is 2.92. The Morgan fingerprint density at radius 1 is 1.36 bits per heavy atom. The van der Waals surface area contributed by atoms with E-state index in [1.54, 1.807) is 19.2 Å². The standard InChI is InChI=1S/C15H14N4O2S/c1-9-7-14(19-21-9)17-15(20)10(2)22-13-8-16-18-12-6-4-3-5-11(12)13/h3-8,10H,1-2H3,(H,17,19,20)/t10-/m0/s1. The molecule has 3 rings (SSSR count). The number of thioether (sulfide) groups is 1. The first-order valence-corrected chi connectivity index (χ1v) is 7.63. The summed E-state index contributed by atoms with van der Waals surface area (Å²) in [5, 5.41) is 15.2. The molecule has 0 saturated carbocycles. The minimum atomic E-state index is -0.301. The molecule has 6 nitrogen and oxygen atoms in total. The SMILES string of the molecule is Cc1cc(NC(=O)[C@H](C)Sc2cnnc3ccccc23)no1. The molecule has 1 N–H and O–H groups in total. The zero-order chi connectivity index (χ0) is 15.5. The summed E-state index contributed by atoms with van der Waals surface area (Å²) in [6.07, 6.45) is 1.68. The van der Waals surface area contributed by atoms with Gasteiger partial charge < -0.3 is 9.84 Å². The van der Waals surface area contributed by atoms with Gasteiger partial charge in [-0.2, -0.15) is 10.2 Å². The molecule has 0 unspecified atom stereocenters. The summed E-state index contributed by atoms with van der Waals surface area (Å²) >= 11 is 1.43. The van der Waals surface area contributed by atoms with Crippen LogP contribution in [0.25, 0.3) is 10.9 Å². The Morgan fingerprint density at radius 2 is 2.18 bits per heavy atom. The molecule has 112 valence electrons. The van der Waals surface area contributed by atoms with Gasteiger partial charge >= 0.3 is 0 Å². The van der Waals surface area contributed by atoms with Gasteiger partial charge in [0.05, 0.1) is 17.0 Å². The lowest BCUT2D eigenvalue weighted by Crippen LogP contribution is -2.22. The summed E-state index contributed by atoms with van der Waals surface area (Å²) in [7, 11) is 0. The van der Waals surface area contributed by atoms with Crippen molar-refractivity contribution >= 4 is 34.4 Å². The minimum absolute atomic E-state index is 0.140. The van der Waals surface area contributed by atoms with Crippen molar-refractivity contribution in [3.05, 3.63) is 42.3 Å². The number of rotatable bonds is 4. The summed E-state index contributed by atoms with van der Waals surface area (Å²) in [6.45, 7) is 3.61. The summed E-state index contributed by atoms with van der Waals surface area (Å²) < 4.78 is 4.93. The predicted molar refractivity (Wildman–Crippen MR) is 84.7 cm³/mol. The molecule has 0 aliphatic heterocycles. The summed E-state index contributed by atoms with van der Waals surface area (Å²) in [6, 6.07) is 9.40. The van der Waals surface area contributed by atoms with Crippen LogP contribution in [0.15, 0.2) is 45.9 Å². The van der Waals surface area contributed by atoms with Crippen LogP contribution in [0.1, 0.15) is 12.7 Å². The number of benzene rings is 1. The van der Waals surface area contributed by atoms with Crippen molar-refractivity contribution in [1.29, 1.82) is 0 Å². The number of aromatic nitrogens is 3. The maximum Gasteiger partial charge on any atom is 0.238 e. The fourth-order valence-electron chi connectivity index (χ4n) is 1.97. The highest BCUT2D eigenvalue weighted by molar-refractivity contribution is 8.00. The molecule has 1 atom stereocenters. The second-order valence-electron chi connectivity index (χ2n) is 4.80.